The summed E-state index contributed by atoms with van der Waals surface area (Å²) >= 11 is 0. The molecule has 6 N–H and O–H groups in total. The smallest absolute Gasteiger partial charge is 0.253 e. The number of anilines is 1. The van der Waals surface area contributed by atoms with Gasteiger partial charge in [-0.05, 0) is 71.3 Å². The Morgan fingerprint density at radius 3 is 1.77 bits per heavy atom. The molecule has 0 radical (unpaired) electrons. The van der Waals surface area contributed by atoms with E-state index < -0.39 is 5.95 Å². The third-order valence-corrected chi connectivity index (χ3v) is 11.0. The summed E-state index contributed by atoms with van der Waals surface area (Å²) in [6.45, 7) is 14.2. The molecule has 4 aliphatic heterocycles. The number of benzene rings is 2. The molecule has 8 heterocycles. The van der Waals surface area contributed by atoms with Crippen LogP contribution < -0.4 is 26.2 Å². The van der Waals surface area contributed by atoms with E-state index in [2.05, 4.69) is 78.8 Å². The fourth-order valence-electron chi connectivity index (χ4n) is 8.04. The molecule has 14 heteroatoms. The summed E-state index contributed by atoms with van der Waals surface area (Å²) in [6.07, 6.45) is 8.64. The van der Waals surface area contributed by atoms with Gasteiger partial charge in [-0.3, -0.25) is 14.6 Å². The summed E-state index contributed by atoms with van der Waals surface area (Å²) in [4.78, 5) is 50.5. The Hall–Kier alpha value is -5.73. The van der Waals surface area contributed by atoms with E-state index in [4.69, 9.17) is 4.98 Å². The Balaban J connectivity index is 0.000000137. The molecule has 296 valence electrons. The van der Waals surface area contributed by atoms with E-state index in [-0.39, 0.29) is 17.4 Å². The minimum absolute atomic E-state index is 0.0150. The van der Waals surface area contributed by atoms with Crippen molar-refractivity contribution in [2.24, 2.45) is 0 Å². The zero-order valence-electron chi connectivity index (χ0n) is 33.0. The standard InChI is InChI=1S/C21H24N6O.C15H11FN4O.C7H15N/c1-21(2)12-27(9-8-24-21)18-11-23-16-5-3-4-13(19(16)26-18)17-10-14-15(25-17)6-7-22-20(14)28;16-13-7-18-11-3-1-2-8(14(11)20-13)12-6-9-10(19-12)4-5-17-15(9)21;1-7(2)5-3-4-6-8-7/h3-5,10-11,24-25H,6-9,12H2,1-2H3,(H,22,28);1-3,6-7,19H,4-5H2,(H,17,21);8H,3-6H2,1-2H3. The van der Waals surface area contributed by atoms with Crippen LogP contribution in [0.1, 0.15) is 79.1 Å². The van der Waals surface area contributed by atoms with Gasteiger partial charge in [0.25, 0.3) is 11.8 Å². The monoisotopic (exact) mass is 771 g/mol. The number of amides is 2. The largest absolute Gasteiger partial charge is 0.358 e. The molecule has 4 aromatic heterocycles. The Morgan fingerprint density at radius 2 is 1.25 bits per heavy atom. The predicted octanol–water partition coefficient (Wildman–Crippen LogP) is 5.69. The number of carbonyl (C=O) groups is 2. The van der Waals surface area contributed by atoms with Gasteiger partial charge in [0.15, 0.2) is 0 Å². The van der Waals surface area contributed by atoms with Crippen molar-refractivity contribution >= 4 is 39.7 Å². The molecule has 0 saturated carbocycles. The zero-order valence-corrected chi connectivity index (χ0v) is 33.0. The number of nitrogens with one attached hydrogen (secondary N) is 6. The van der Waals surface area contributed by atoms with Gasteiger partial charge in [-0.2, -0.15) is 4.39 Å². The van der Waals surface area contributed by atoms with Gasteiger partial charge in [-0.15, -0.1) is 0 Å². The van der Waals surface area contributed by atoms with Crippen molar-refractivity contribution in [3.63, 3.8) is 0 Å². The topological polar surface area (TPSA) is 169 Å². The number of rotatable bonds is 3. The van der Waals surface area contributed by atoms with Crippen molar-refractivity contribution in [3.8, 4) is 22.5 Å². The van der Waals surface area contributed by atoms with Crippen molar-refractivity contribution in [1.29, 1.82) is 0 Å². The number of halogens is 1. The van der Waals surface area contributed by atoms with Crippen LogP contribution in [0, 0.1) is 5.95 Å². The third kappa shape index (κ3) is 8.37. The van der Waals surface area contributed by atoms with Crippen molar-refractivity contribution in [2.75, 3.05) is 44.2 Å². The molecule has 2 saturated heterocycles. The quantitative estimate of drug-likeness (QED) is 0.133. The first-order chi connectivity index (χ1) is 27.4. The molecule has 2 amide bonds. The molecule has 0 bridgehead atoms. The molecule has 4 aliphatic rings. The summed E-state index contributed by atoms with van der Waals surface area (Å²) in [5.41, 5.74) is 9.92. The average Bonchev–Trinajstić information content (AvgIpc) is 3.84. The summed E-state index contributed by atoms with van der Waals surface area (Å²) in [5, 5.41) is 12.7. The van der Waals surface area contributed by atoms with Crippen LogP contribution in [0.4, 0.5) is 10.2 Å². The second-order valence-electron chi connectivity index (χ2n) is 16.4. The number of aromatic nitrogens is 6. The van der Waals surface area contributed by atoms with Crippen LogP contribution >= 0.6 is 0 Å². The Bertz CT molecular complexity index is 2440. The van der Waals surface area contributed by atoms with Gasteiger partial charge in [0, 0.05) is 90.5 Å². The number of H-pyrrole nitrogens is 2. The fraction of sp³-hybridized carbons (Fsp3) is 0.395. The van der Waals surface area contributed by atoms with E-state index in [1.54, 1.807) is 12.1 Å². The first kappa shape index (κ1) is 38.2. The van der Waals surface area contributed by atoms with E-state index >= 15 is 0 Å². The maximum atomic E-state index is 13.4. The summed E-state index contributed by atoms with van der Waals surface area (Å²) < 4.78 is 13.4. The van der Waals surface area contributed by atoms with Gasteiger partial charge in [0.1, 0.15) is 16.9 Å². The summed E-state index contributed by atoms with van der Waals surface area (Å²) in [7, 11) is 0. The lowest BCUT2D eigenvalue weighted by atomic mass is 9.93. The summed E-state index contributed by atoms with van der Waals surface area (Å²) in [5.74, 6) is 0.169. The highest BCUT2D eigenvalue weighted by molar-refractivity contribution is 6.00. The predicted molar refractivity (Wildman–Crippen MR) is 221 cm³/mol. The van der Waals surface area contributed by atoms with Crippen LogP contribution in [-0.4, -0.2) is 92.1 Å². The minimum Gasteiger partial charge on any atom is -0.358 e. The highest BCUT2D eigenvalue weighted by Gasteiger charge is 2.28. The highest BCUT2D eigenvalue weighted by atomic mass is 19.1. The Kier molecular flexibility index (Phi) is 10.5. The molecular weight excluding hydrogens is 722 g/mol. The average molecular weight is 772 g/mol. The maximum Gasteiger partial charge on any atom is 0.253 e. The van der Waals surface area contributed by atoms with Crippen molar-refractivity contribution in [3.05, 3.63) is 89.4 Å². The molecule has 10 rings (SSSR count). The number of fused-ring (bicyclic) bond motifs is 4. The lowest BCUT2D eigenvalue weighted by Crippen LogP contribution is -2.57. The normalized spacial score (nSPS) is 18.3. The lowest BCUT2D eigenvalue weighted by Gasteiger charge is -2.39. The van der Waals surface area contributed by atoms with Gasteiger partial charge in [0.2, 0.25) is 5.95 Å². The molecule has 2 fully saturated rings. The zero-order chi connectivity index (χ0) is 39.7. The minimum atomic E-state index is -0.621. The van der Waals surface area contributed by atoms with Crippen molar-refractivity contribution < 1.29 is 14.0 Å². The third-order valence-electron chi connectivity index (χ3n) is 11.0. The second kappa shape index (κ2) is 15.7. The van der Waals surface area contributed by atoms with E-state index in [1.807, 2.05) is 42.6 Å². The first-order valence-electron chi connectivity index (χ1n) is 19.9. The van der Waals surface area contributed by atoms with Gasteiger partial charge in [-0.25, -0.2) is 15.0 Å². The van der Waals surface area contributed by atoms with Crippen LogP contribution in [-0.2, 0) is 12.8 Å². The van der Waals surface area contributed by atoms with Crippen LogP contribution in [0.15, 0.2) is 60.9 Å². The molecule has 0 atom stereocenters. The maximum absolute atomic E-state index is 13.4. The van der Waals surface area contributed by atoms with Crippen LogP contribution in [0.25, 0.3) is 44.6 Å². The Morgan fingerprint density at radius 1 is 0.667 bits per heavy atom. The Labute approximate surface area is 331 Å². The number of aromatic amines is 2. The molecule has 2 aromatic carbocycles. The van der Waals surface area contributed by atoms with Gasteiger partial charge >= 0.3 is 0 Å². The number of piperidine rings is 1. The molecule has 57 heavy (non-hydrogen) atoms. The molecule has 13 nitrogen and oxygen atoms in total. The van der Waals surface area contributed by atoms with E-state index in [0.717, 1.165) is 95.0 Å². The number of piperazine rings is 1. The number of para-hydroxylation sites is 2. The number of carbonyl (C=O) groups excluding carboxylic acids is 2. The first-order valence-corrected chi connectivity index (χ1v) is 19.9. The molecule has 6 aromatic rings. The van der Waals surface area contributed by atoms with Gasteiger partial charge in [0.05, 0.1) is 34.6 Å². The van der Waals surface area contributed by atoms with E-state index in [1.165, 1.54) is 25.8 Å². The molecular formula is C43H50FN11O2. The van der Waals surface area contributed by atoms with E-state index in [0.29, 0.717) is 35.2 Å². The van der Waals surface area contributed by atoms with Gasteiger partial charge in [-0.1, -0.05) is 30.7 Å². The summed E-state index contributed by atoms with van der Waals surface area (Å²) in [6, 6.07) is 15.2. The van der Waals surface area contributed by atoms with Crippen LogP contribution in [0.2, 0.25) is 0 Å². The van der Waals surface area contributed by atoms with Crippen molar-refractivity contribution in [2.45, 2.75) is 70.9 Å². The number of hydrogen-bond acceptors (Lipinski definition) is 9. The fourth-order valence-corrected chi connectivity index (χ4v) is 8.04. The molecule has 0 spiro atoms. The van der Waals surface area contributed by atoms with E-state index in [9.17, 15) is 14.0 Å². The second-order valence-corrected chi connectivity index (χ2v) is 16.4. The SMILES string of the molecule is CC1(C)CCCCN1.CC1(C)CN(c2cnc3cccc(-c4cc5c([nH]4)CCNC5=O)c3n2)CCN1.O=C1NCCc2[nH]c(-c3cccc4ncc(F)nc34)cc21. The van der Waals surface area contributed by atoms with Gasteiger partial charge < -0.3 is 36.1 Å². The highest BCUT2D eigenvalue weighted by Crippen LogP contribution is 2.31. The van der Waals surface area contributed by atoms with Crippen LogP contribution in [0.3, 0.4) is 0 Å². The van der Waals surface area contributed by atoms with Crippen molar-refractivity contribution in [1.82, 2.24) is 51.2 Å². The molecule has 0 unspecified atom stereocenters. The van der Waals surface area contributed by atoms with Crippen LogP contribution in [0.5, 0.6) is 0 Å². The lowest BCUT2D eigenvalue weighted by molar-refractivity contribution is 0.0937. The molecule has 0 aliphatic carbocycles. The number of hydrogen-bond donors (Lipinski definition) is 6. The number of nitrogens with zero attached hydrogens (tertiary/aromatic N) is 5.